The normalized spacial score (nSPS) is 21.6. The predicted octanol–water partition coefficient (Wildman–Crippen LogP) is 7.03. The average molecular weight is 1000 g/mol. The number of hydrogen-bond donors (Lipinski definition) is 2. The lowest BCUT2D eigenvalue weighted by Crippen LogP contribution is -2.75. The summed E-state index contributed by atoms with van der Waals surface area (Å²) in [5.74, 6) is 3.21. The first kappa shape index (κ1) is 51.1. The van der Waals surface area contributed by atoms with Gasteiger partial charge in [0.2, 0.25) is 11.7 Å². The molecule has 0 unspecified atom stereocenters. The summed E-state index contributed by atoms with van der Waals surface area (Å²) < 4.78 is 15.1. The number of aromatic nitrogens is 6. The summed E-state index contributed by atoms with van der Waals surface area (Å²) in [6.07, 6.45) is 15.0. The fourth-order valence-corrected chi connectivity index (χ4v) is 12.7. The van der Waals surface area contributed by atoms with Crippen molar-refractivity contribution in [3.63, 3.8) is 0 Å². The molecule has 7 heterocycles. The summed E-state index contributed by atoms with van der Waals surface area (Å²) in [6, 6.07) is 13.9. The number of piperazine rings is 1. The lowest BCUT2D eigenvalue weighted by atomic mass is 9.48. The van der Waals surface area contributed by atoms with Crippen LogP contribution >= 0.6 is 11.6 Å². The Bertz CT molecular complexity index is 2660. The maximum atomic E-state index is 11.4. The van der Waals surface area contributed by atoms with Gasteiger partial charge in [0.1, 0.15) is 29.6 Å². The van der Waals surface area contributed by atoms with Crippen molar-refractivity contribution in [3.05, 3.63) is 88.7 Å². The molecule has 0 spiro atoms. The number of hydrogen-bond acceptors (Lipinski definition) is 15. The summed E-state index contributed by atoms with van der Waals surface area (Å²) >= 11 is 6.50. The van der Waals surface area contributed by atoms with Gasteiger partial charge in [-0.3, -0.25) is 4.79 Å². The third kappa shape index (κ3) is 10.9. The molecule has 4 aromatic heterocycles. The number of anilines is 3. The monoisotopic (exact) mass is 1000 g/mol. The second kappa shape index (κ2) is 22.1. The first-order valence-corrected chi connectivity index (χ1v) is 26.4. The van der Waals surface area contributed by atoms with Crippen molar-refractivity contribution in [2.24, 2.45) is 22.5 Å². The van der Waals surface area contributed by atoms with E-state index in [-0.39, 0.29) is 41.4 Å². The Hall–Kier alpha value is -5.80. The Balaban J connectivity index is 0.847. The molecule has 3 N–H and O–H groups in total. The highest BCUT2D eigenvalue weighted by atomic mass is 35.5. The number of ether oxygens (including phenoxy) is 2. The van der Waals surface area contributed by atoms with E-state index in [0.717, 1.165) is 138 Å². The molecule has 1 aliphatic carbocycles. The van der Waals surface area contributed by atoms with Gasteiger partial charge in [0, 0.05) is 125 Å². The smallest absolute Gasteiger partial charge is 0.286 e. The molecule has 9 rings (SSSR count). The van der Waals surface area contributed by atoms with Gasteiger partial charge < -0.3 is 44.8 Å². The van der Waals surface area contributed by atoms with Crippen LogP contribution in [0.1, 0.15) is 107 Å². The number of benzene rings is 1. The molecule has 1 amide bonds. The quantitative estimate of drug-likeness (QED) is 0.0801. The van der Waals surface area contributed by atoms with Gasteiger partial charge in [-0.15, -0.1) is 0 Å². The number of piperidine rings is 2. The Morgan fingerprint density at radius 1 is 0.931 bits per heavy atom. The number of nitrogens with two attached hydrogens (primary N) is 1. The van der Waals surface area contributed by atoms with Crippen molar-refractivity contribution in [1.82, 2.24) is 39.3 Å². The lowest BCUT2D eigenvalue weighted by Gasteiger charge is -2.66. The summed E-state index contributed by atoms with van der Waals surface area (Å²) in [4.78, 5) is 42.1. The molecule has 4 aliphatic rings. The molecule has 5 aromatic rings. The number of carbonyl (C=O) groups excluding carboxylic acids is 1. The van der Waals surface area contributed by atoms with E-state index in [2.05, 4.69) is 87.3 Å². The number of primary amides is 1. The minimum atomic E-state index is -0.607. The van der Waals surface area contributed by atoms with Crippen LogP contribution < -0.4 is 29.9 Å². The van der Waals surface area contributed by atoms with E-state index in [4.69, 9.17) is 41.9 Å². The van der Waals surface area contributed by atoms with E-state index in [9.17, 15) is 15.2 Å². The van der Waals surface area contributed by atoms with E-state index in [1.54, 1.807) is 24.5 Å². The highest BCUT2D eigenvalue weighted by molar-refractivity contribution is 6.31. The van der Waals surface area contributed by atoms with Gasteiger partial charge in [-0.05, 0) is 75.0 Å². The third-order valence-electron chi connectivity index (χ3n) is 15.8. The predicted molar refractivity (Wildman–Crippen MR) is 280 cm³/mol. The molecule has 1 saturated carbocycles. The molecule has 1 aromatic carbocycles. The molecule has 1 atom stereocenters. The van der Waals surface area contributed by atoms with E-state index in [1.165, 1.54) is 0 Å². The molecule has 3 aliphatic heterocycles. The highest BCUT2D eigenvalue weighted by Crippen LogP contribution is 2.59. The van der Waals surface area contributed by atoms with Gasteiger partial charge in [-0.1, -0.05) is 52.3 Å². The summed E-state index contributed by atoms with van der Waals surface area (Å²) in [5.41, 5.74) is 8.90. The summed E-state index contributed by atoms with van der Waals surface area (Å²) in [7, 11) is 0. The van der Waals surface area contributed by atoms with E-state index in [0.29, 0.717) is 47.7 Å². The second-order valence-corrected chi connectivity index (χ2v) is 21.8. The van der Waals surface area contributed by atoms with Crippen LogP contribution in [0.4, 0.5) is 17.3 Å². The molecule has 384 valence electrons. The Morgan fingerprint density at radius 2 is 1.68 bits per heavy atom. The van der Waals surface area contributed by atoms with E-state index >= 15 is 0 Å². The van der Waals surface area contributed by atoms with Crippen molar-refractivity contribution in [2.45, 2.75) is 111 Å². The number of halogens is 1. The maximum absolute atomic E-state index is 11.4. The number of aliphatic hydroxyl groups is 1. The van der Waals surface area contributed by atoms with Crippen LogP contribution in [-0.4, -0.2) is 141 Å². The Kier molecular flexibility index (Phi) is 15.7. The average Bonchev–Trinajstić information content (AvgIpc) is 3.81. The molecule has 17 nitrogen and oxygen atoms in total. The van der Waals surface area contributed by atoms with E-state index in [1.807, 2.05) is 29.0 Å². The van der Waals surface area contributed by atoms with Gasteiger partial charge in [0.15, 0.2) is 5.65 Å². The summed E-state index contributed by atoms with van der Waals surface area (Å²) in [5, 5.41) is 25.0. The van der Waals surface area contributed by atoms with Gasteiger partial charge in [-0.25, -0.2) is 19.9 Å². The number of nitrogens with zero attached hydrogens (tertiary/aromatic N) is 12. The molecule has 72 heavy (non-hydrogen) atoms. The van der Waals surface area contributed by atoms with Gasteiger partial charge >= 0.3 is 0 Å². The van der Waals surface area contributed by atoms with Crippen LogP contribution in [0.25, 0.3) is 5.65 Å². The first-order valence-electron chi connectivity index (χ1n) is 26.0. The molecule has 18 heteroatoms. The molecule has 3 saturated heterocycles. The van der Waals surface area contributed by atoms with E-state index < -0.39 is 5.91 Å². The van der Waals surface area contributed by atoms with Crippen molar-refractivity contribution < 1.29 is 19.4 Å². The number of nitriles is 1. The van der Waals surface area contributed by atoms with Crippen molar-refractivity contribution in [1.29, 1.82) is 5.26 Å². The zero-order valence-electron chi connectivity index (χ0n) is 42.7. The Labute approximate surface area is 429 Å². The molecular formula is C54H72ClN13O4. The van der Waals surface area contributed by atoms with Crippen molar-refractivity contribution >= 4 is 40.5 Å². The number of pyridine rings is 1. The SMILES string of the molecule is CCc1cnn2c(N(Cc3ccc(OCCCN4CCN(CC5CCN(c6cnc(C(N)=O)nc6)CC5)CC4)nc3)C3C(C)(C)C(Oc4ccc(C#N)c(Cl)c4)C3(C)C)cc(N3CCCC[C@@H]3CCO)nc12. The second-order valence-electron chi connectivity index (χ2n) is 21.4. The van der Waals surface area contributed by atoms with Crippen molar-refractivity contribution in [3.8, 4) is 17.7 Å². The van der Waals surface area contributed by atoms with Gasteiger partial charge in [0.05, 0.1) is 41.5 Å². The first-order chi connectivity index (χ1) is 34.8. The zero-order chi connectivity index (χ0) is 50.6. The summed E-state index contributed by atoms with van der Waals surface area (Å²) in [6.45, 7) is 21.7. The molecule has 4 fully saturated rings. The van der Waals surface area contributed by atoms with Crippen LogP contribution in [0.2, 0.25) is 5.02 Å². The fraction of sp³-hybridized carbons (Fsp3) is 0.574. The molecular weight excluding hydrogens is 930 g/mol. The van der Waals surface area contributed by atoms with Crippen LogP contribution in [0.15, 0.2) is 61.2 Å². The third-order valence-corrected chi connectivity index (χ3v) is 16.1. The Morgan fingerprint density at radius 3 is 2.35 bits per heavy atom. The van der Waals surface area contributed by atoms with Crippen LogP contribution in [0.3, 0.4) is 0 Å². The van der Waals surface area contributed by atoms with Gasteiger partial charge in [-0.2, -0.15) is 14.9 Å². The number of aliphatic hydroxyl groups excluding tert-OH is 1. The largest absolute Gasteiger partial charge is 0.489 e. The zero-order valence-corrected chi connectivity index (χ0v) is 43.5. The minimum Gasteiger partial charge on any atom is -0.489 e. The molecule has 0 radical (unpaired) electrons. The van der Waals surface area contributed by atoms with Crippen molar-refractivity contribution in [2.75, 3.05) is 86.8 Å². The van der Waals surface area contributed by atoms with Crippen LogP contribution in [0, 0.1) is 28.1 Å². The minimum absolute atomic E-state index is 0.0280. The van der Waals surface area contributed by atoms with Crippen LogP contribution in [-0.2, 0) is 13.0 Å². The lowest BCUT2D eigenvalue weighted by molar-refractivity contribution is -0.158. The number of amides is 1. The van der Waals surface area contributed by atoms with Crippen LogP contribution in [0.5, 0.6) is 11.6 Å². The fourth-order valence-electron chi connectivity index (χ4n) is 12.4. The number of fused-ring (bicyclic) bond motifs is 1. The van der Waals surface area contributed by atoms with Gasteiger partial charge in [0.25, 0.3) is 5.91 Å². The standard InChI is InChI=1S/C54H72ClN13O4/c1-6-39-32-61-68-47(29-45(62-50(39)68)66-19-8-7-10-41(66)17-26-69)67(51-53(2,3)52(54(51,4)5)72-43-13-12-40(30-56)44(55)28-43)36-38-11-14-46(58-31-38)71-27-9-18-63-22-24-64(25-23-63)35-37-15-20-65(21-16-37)42-33-59-49(48(57)70)60-34-42/h11-14,28-29,31-34,37,41,51-52,69H,6-10,15-27,35-36H2,1-5H3,(H2,57,70)/t41-,51?,52?/m1/s1. The number of carbonyl (C=O) groups is 1. The molecule has 0 bridgehead atoms. The number of aryl methyl sites for hydroxylation is 1. The topological polar surface area (TPSA) is 191 Å². The number of rotatable bonds is 19. The maximum Gasteiger partial charge on any atom is 0.286 e. The highest BCUT2D eigenvalue weighted by Gasteiger charge is 2.66.